The van der Waals surface area contributed by atoms with E-state index in [-0.39, 0.29) is 29.8 Å². The molecule has 1 atom stereocenters. The van der Waals surface area contributed by atoms with E-state index in [4.69, 9.17) is 10.5 Å². The van der Waals surface area contributed by atoms with Crippen molar-refractivity contribution in [3.8, 4) is 5.75 Å². The van der Waals surface area contributed by atoms with E-state index in [9.17, 15) is 4.79 Å². The van der Waals surface area contributed by atoms with Crippen LogP contribution in [-0.2, 0) is 4.79 Å². The Balaban J connectivity index is 0.00000220. The predicted molar refractivity (Wildman–Crippen MR) is 87.1 cm³/mol. The molecule has 4 nitrogen and oxygen atoms in total. The molecule has 0 aromatic heterocycles. The second-order valence-corrected chi connectivity index (χ2v) is 5.41. The van der Waals surface area contributed by atoms with Crippen LogP contribution in [0.1, 0.15) is 44.6 Å². The third-order valence-corrected chi connectivity index (χ3v) is 4.41. The average Bonchev–Trinajstić information content (AvgIpc) is 2.52. The lowest BCUT2D eigenvalue weighted by molar-refractivity contribution is -0.125. The van der Waals surface area contributed by atoms with E-state index in [1.165, 1.54) is 0 Å². The topological polar surface area (TPSA) is 64.3 Å². The molecule has 1 aliphatic rings. The molecule has 2 rings (SSSR count). The lowest BCUT2D eigenvalue weighted by atomic mass is 9.88. The lowest BCUT2D eigenvalue weighted by Crippen LogP contribution is -2.54. The molecule has 1 aliphatic heterocycles. The highest BCUT2D eigenvalue weighted by molar-refractivity contribution is 5.85. The quantitative estimate of drug-likeness (QED) is 0.878. The van der Waals surface area contributed by atoms with Gasteiger partial charge in [0.15, 0.2) is 0 Å². The molecular weight excluding hydrogens is 288 g/mol. The smallest absolute Gasteiger partial charge is 0.228 e. The maximum atomic E-state index is 12.6. The molecule has 1 heterocycles. The molecule has 0 radical (unpaired) electrons. The normalized spacial score (nSPS) is 17.2. The summed E-state index contributed by atoms with van der Waals surface area (Å²) in [5.74, 6) is 0.754. The number of ether oxygens (including phenoxy) is 1. The van der Waals surface area contributed by atoms with Crippen molar-refractivity contribution in [2.75, 3.05) is 13.2 Å². The van der Waals surface area contributed by atoms with Gasteiger partial charge in [0, 0.05) is 12.1 Å². The first kappa shape index (κ1) is 17.8. The van der Waals surface area contributed by atoms with Gasteiger partial charge in [-0.1, -0.05) is 32.0 Å². The van der Waals surface area contributed by atoms with Crippen LogP contribution in [-0.4, -0.2) is 24.6 Å². The number of carbonyl (C=O) groups excluding carboxylic acids is 1. The molecule has 21 heavy (non-hydrogen) atoms. The van der Waals surface area contributed by atoms with Crippen LogP contribution in [0.4, 0.5) is 0 Å². The predicted octanol–water partition coefficient (Wildman–Crippen LogP) is 2.61. The second-order valence-electron chi connectivity index (χ2n) is 5.41. The zero-order valence-electron chi connectivity index (χ0n) is 12.7. The van der Waals surface area contributed by atoms with Gasteiger partial charge in [-0.25, -0.2) is 0 Å². The molecule has 3 N–H and O–H groups in total. The molecule has 1 unspecified atom stereocenters. The van der Waals surface area contributed by atoms with Gasteiger partial charge in [0.25, 0.3) is 0 Å². The van der Waals surface area contributed by atoms with Gasteiger partial charge in [0.2, 0.25) is 5.91 Å². The molecule has 1 amide bonds. The minimum Gasteiger partial charge on any atom is -0.493 e. The molecule has 0 aliphatic carbocycles. The number of benzene rings is 1. The number of hydrogen-bond acceptors (Lipinski definition) is 3. The summed E-state index contributed by atoms with van der Waals surface area (Å²) in [4.78, 5) is 12.6. The van der Waals surface area contributed by atoms with Gasteiger partial charge in [-0.2, -0.15) is 0 Å². The van der Waals surface area contributed by atoms with Crippen LogP contribution in [0.25, 0.3) is 0 Å². The molecule has 0 fully saturated rings. The fourth-order valence-electron chi connectivity index (χ4n) is 2.73. The minimum atomic E-state index is -0.287. The van der Waals surface area contributed by atoms with Gasteiger partial charge >= 0.3 is 0 Å². The fraction of sp³-hybridized carbons (Fsp3) is 0.562. The van der Waals surface area contributed by atoms with Crippen molar-refractivity contribution in [3.05, 3.63) is 29.8 Å². The number of carbonyl (C=O) groups is 1. The van der Waals surface area contributed by atoms with Gasteiger partial charge in [0.1, 0.15) is 5.75 Å². The minimum absolute atomic E-state index is 0. The Bertz CT molecular complexity index is 467. The third-order valence-electron chi connectivity index (χ3n) is 4.41. The Kier molecular flexibility index (Phi) is 6.49. The van der Waals surface area contributed by atoms with Crippen molar-refractivity contribution in [2.24, 2.45) is 5.73 Å². The van der Waals surface area contributed by atoms with Gasteiger partial charge in [0.05, 0.1) is 18.1 Å². The van der Waals surface area contributed by atoms with Crippen LogP contribution < -0.4 is 15.8 Å². The molecule has 5 heteroatoms. The number of halogens is 1. The number of para-hydroxylation sites is 1. The molecule has 0 bridgehead atoms. The summed E-state index contributed by atoms with van der Waals surface area (Å²) >= 11 is 0. The summed E-state index contributed by atoms with van der Waals surface area (Å²) in [5.41, 5.74) is 6.56. The second kappa shape index (κ2) is 7.66. The maximum absolute atomic E-state index is 12.6. The number of nitrogens with one attached hydrogen (secondary N) is 1. The lowest BCUT2D eigenvalue weighted by Gasteiger charge is -2.34. The van der Waals surface area contributed by atoms with E-state index in [0.29, 0.717) is 13.2 Å². The third kappa shape index (κ3) is 3.69. The molecule has 1 aromatic carbocycles. The van der Waals surface area contributed by atoms with E-state index in [0.717, 1.165) is 30.6 Å². The van der Waals surface area contributed by atoms with Gasteiger partial charge < -0.3 is 15.8 Å². The van der Waals surface area contributed by atoms with Crippen molar-refractivity contribution < 1.29 is 9.53 Å². The summed E-state index contributed by atoms with van der Waals surface area (Å²) in [5, 5.41) is 3.17. The molecule has 1 aromatic rings. The fourth-order valence-corrected chi connectivity index (χ4v) is 2.73. The largest absolute Gasteiger partial charge is 0.493 e. The molecule has 118 valence electrons. The van der Waals surface area contributed by atoms with Crippen LogP contribution >= 0.6 is 12.4 Å². The Morgan fingerprint density at radius 1 is 1.38 bits per heavy atom. The zero-order valence-corrected chi connectivity index (χ0v) is 13.5. The first-order valence-electron chi connectivity index (χ1n) is 7.39. The summed E-state index contributed by atoms with van der Waals surface area (Å²) < 4.78 is 5.61. The van der Waals surface area contributed by atoms with Crippen LogP contribution in [0.3, 0.4) is 0 Å². The first-order valence-corrected chi connectivity index (χ1v) is 7.39. The summed E-state index contributed by atoms with van der Waals surface area (Å²) in [6.45, 7) is 5.18. The highest BCUT2D eigenvalue weighted by Crippen LogP contribution is 2.34. The first-order chi connectivity index (χ1) is 9.65. The average molecular weight is 313 g/mol. The Morgan fingerprint density at radius 2 is 2.05 bits per heavy atom. The Labute approximate surface area is 132 Å². The highest BCUT2D eigenvalue weighted by Gasteiger charge is 2.33. The van der Waals surface area contributed by atoms with E-state index in [1.54, 1.807) is 0 Å². The van der Waals surface area contributed by atoms with Crippen molar-refractivity contribution in [1.82, 2.24) is 5.32 Å². The molecular formula is C16H25ClN2O2. The SMILES string of the molecule is CCC(CC)(CN)NC(=O)C1CCOc2ccccc21.Cl. The van der Waals surface area contributed by atoms with Gasteiger partial charge in [-0.3, -0.25) is 4.79 Å². The van der Waals surface area contributed by atoms with E-state index in [2.05, 4.69) is 19.2 Å². The Hall–Kier alpha value is -1.26. The van der Waals surface area contributed by atoms with Crippen molar-refractivity contribution in [1.29, 1.82) is 0 Å². The van der Waals surface area contributed by atoms with Crippen molar-refractivity contribution >= 4 is 18.3 Å². The van der Waals surface area contributed by atoms with Crippen molar-refractivity contribution in [2.45, 2.75) is 44.6 Å². The molecule has 0 saturated heterocycles. The number of amides is 1. The summed E-state index contributed by atoms with van der Waals surface area (Å²) in [6.07, 6.45) is 2.41. The van der Waals surface area contributed by atoms with Crippen LogP contribution in [0.2, 0.25) is 0 Å². The zero-order chi connectivity index (χ0) is 14.6. The van der Waals surface area contributed by atoms with Gasteiger partial charge in [-0.15, -0.1) is 12.4 Å². The standard InChI is InChI=1S/C16H24N2O2.ClH/c1-3-16(4-2,11-17)18-15(19)13-9-10-20-14-8-6-5-7-12(13)14;/h5-8,13H,3-4,9-11,17H2,1-2H3,(H,18,19);1H. The number of fused-ring (bicyclic) bond motifs is 1. The van der Waals surface area contributed by atoms with E-state index < -0.39 is 0 Å². The van der Waals surface area contributed by atoms with Crippen LogP contribution in [0.5, 0.6) is 5.75 Å². The Morgan fingerprint density at radius 3 is 2.67 bits per heavy atom. The number of nitrogens with two attached hydrogens (primary N) is 1. The monoisotopic (exact) mass is 312 g/mol. The number of rotatable bonds is 5. The van der Waals surface area contributed by atoms with E-state index >= 15 is 0 Å². The summed E-state index contributed by atoms with van der Waals surface area (Å²) in [6, 6.07) is 7.77. The van der Waals surface area contributed by atoms with Gasteiger partial charge in [-0.05, 0) is 25.3 Å². The van der Waals surface area contributed by atoms with Crippen LogP contribution in [0.15, 0.2) is 24.3 Å². The molecule has 0 saturated carbocycles. The van der Waals surface area contributed by atoms with Crippen molar-refractivity contribution in [3.63, 3.8) is 0 Å². The van der Waals surface area contributed by atoms with E-state index in [1.807, 2.05) is 24.3 Å². The number of hydrogen-bond donors (Lipinski definition) is 2. The van der Waals surface area contributed by atoms with Crippen LogP contribution in [0, 0.1) is 0 Å². The molecule has 0 spiro atoms. The summed E-state index contributed by atoms with van der Waals surface area (Å²) in [7, 11) is 0. The highest BCUT2D eigenvalue weighted by atomic mass is 35.5. The maximum Gasteiger partial charge on any atom is 0.228 e.